The quantitative estimate of drug-likeness (QED) is 0.0682. The van der Waals surface area contributed by atoms with Gasteiger partial charge in [0, 0.05) is 11.6 Å². The number of halogens is 19. The van der Waals surface area contributed by atoms with E-state index in [0.29, 0.717) is 0 Å². The van der Waals surface area contributed by atoms with E-state index in [9.17, 15) is 93.3 Å². The minimum Gasteiger partial charge on any atom is -0.507 e. The van der Waals surface area contributed by atoms with Gasteiger partial charge in [0.15, 0.2) is 6.61 Å². The highest BCUT2D eigenvalue weighted by molar-refractivity contribution is 6.00. The van der Waals surface area contributed by atoms with E-state index in [1.54, 1.807) is 0 Å². The smallest absolute Gasteiger partial charge is 0.460 e. The zero-order chi connectivity index (χ0) is 36.8. The van der Waals surface area contributed by atoms with Crippen molar-refractivity contribution in [3.8, 4) is 11.5 Å². The Bertz CT molecular complexity index is 1290. The predicted octanol–water partition coefficient (Wildman–Crippen LogP) is 7.55. The van der Waals surface area contributed by atoms with Crippen molar-refractivity contribution in [3.63, 3.8) is 0 Å². The zero-order valence-corrected chi connectivity index (χ0v) is 21.6. The first kappa shape index (κ1) is 40.5. The number of rotatable bonds is 14. The van der Waals surface area contributed by atoms with Gasteiger partial charge in [-0.15, -0.1) is 0 Å². The molecule has 0 atom stereocenters. The molecule has 0 unspecified atom stereocenters. The molecule has 1 aromatic rings. The van der Waals surface area contributed by atoms with E-state index in [2.05, 4.69) is 9.89 Å². The Labute approximate surface area is 241 Å². The minimum atomic E-state index is -9.05. The number of carbonyl (C=O) groups excluding carboxylic acids is 1. The first-order valence-corrected chi connectivity index (χ1v) is 11.1. The van der Waals surface area contributed by atoms with Crippen molar-refractivity contribution in [1.82, 2.24) is 0 Å². The van der Waals surface area contributed by atoms with Gasteiger partial charge < -0.3 is 19.8 Å². The minimum absolute atomic E-state index is 0.0609. The SMILES string of the molecule is C/C(=N/O)c1ccc(OCCC(=O)OCC(F)(F)C(F)(F)C(F)(F)C(F)(F)C(F)(F)C(F)(F)C(F)(F)C(F)(F)C(F)(F)F)cc1O. The molecule has 0 fully saturated rings. The lowest BCUT2D eigenvalue weighted by atomic mass is 9.87. The second-order valence-electron chi connectivity index (χ2n) is 8.85. The summed E-state index contributed by atoms with van der Waals surface area (Å²) < 4.78 is 261. The molecule has 6 nitrogen and oxygen atoms in total. The Kier molecular flexibility index (Phi) is 10.8. The van der Waals surface area contributed by atoms with Crippen LogP contribution in [0, 0.1) is 0 Å². The number of aromatic hydroxyl groups is 1. The van der Waals surface area contributed by atoms with Crippen LogP contribution in [0.25, 0.3) is 0 Å². The Hall–Kier alpha value is -3.57. The average Bonchev–Trinajstić information content (AvgIpc) is 2.90. The summed E-state index contributed by atoms with van der Waals surface area (Å²) in [6.45, 7) is -3.20. The number of hydrogen-bond acceptors (Lipinski definition) is 6. The van der Waals surface area contributed by atoms with Gasteiger partial charge in [-0.2, -0.15) is 83.4 Å². The van der Waals surface area contributed by atoms with Crippen LogP contribution in [-0.4, -0.2) is 88.8 Å². The maximum absolute atomic E-state index is 13.9. The molecule has 0 bridgehead atoms. The molecular weight excluding hydrogens is 707 g/mol. The van der Waals surface area contributed by atoms with E-state index in [1.165, 1.54) is 6.92 Å². The van der Waals surface area contributed by atoms with Crippen LogP contribution in [0.4, 0.5) is 83.4 Å². The third kappa shape index (κ3) is 6.36. The third-order valence-corrected chi connectivity index (χ3v) is 5.68. The number of phenols is 1. The van der Waals surface area contributed by atoms with Crippen molar-refractivity contribution in [1.29, 1.82) is 0 Å². The predicted molar refractivity (Wildman–Crippen MR) is 109 cm³/mol. The molecule has 0 heterocycles. The van der Waals surface area contributed by atoms with E-state index in [1.807, 2.05) is 0 Å². The van der Waals surface area contributed by atoms with Crippen molar-refractivity contribution >= 4 is 11.7 Å². The van der Waals surface area contributed by atoms with Crippen molar-refractivity contribution < 1.29 is 108 Å². The maximum Gasteiger partial charge on any atom is 0.460 e. The highest BCUT2D eigenvalue weighted by atomic mass is 19.4. The second-order valence-corrected chi connectivity index (χ2v) is 8.85. The number of ether oxygens (including phenoxy) is 2. The van der Waals surface area contributed by atoms with E-state index < -0.39 is 84.9 Å². The van der Waals surface area contributed by atoms with Crippen LogP contribution in [0.3, 0.4) is 0 Å². The average molecular weight is 721 g/mol. The van der Waals surface area contributed by atoms with Gasteiger partial charge in [-0.05, 0) is 19.1 Å². The summed E-state index contributed by atoms with van der Waals surface area (Å²) in [5, 5.41) is 21.1. The number of carbonyl (C=O) groups is 1. The molecule has 0 radical (unpaired) electrons. The number of alkyl halides is 19. The van der Waals surface area contributed by atoms with Crippen molar-refractivity contribution in [2.75, 3.05) is 13.2 Å². The van der Waals surface area contributed by atoms with Gasteiger partial charge in [0.25, 0.3) is 0 Å². The molecule has 1 rings (SSSR count). The van der Waals surface area contributed by atoms with Crippen LogP contribution in [0.15, 0.2) is 23.4 Å². The molecule has 0 spiro atoms. The van der Waals surface area contributed by atoms with Gasteiger partial charge in [0.2, 0.25) is 0 Å². The molecule has 2 N–H and O–H groups in total. The highest BCUT2D eigenvalue weighted by Crippen LogP contribution is 2.65. The monoisotopic (exact) mass is 721 g/mol. The van der Waals surface area contributed by atoms with Gasteiger partial charge in [-0.1, -0.05) is 5.16 Å². The maximum atomic E-state index is 13.9. The fraction of sp³-hybridized carbons (Fsp3) is 0.619. The van der Waals surface area contributed by atoms with Crippen LogP contribution in [0.1, 0.15) is 18.9 Å². The Morgan fingerprint density at radius 1 is 0.696 bits per heavy atom. The molecule has 25 heteroatoms. The molecule has 0 saturated carbocycles. The molecule has 0 saturated heterocycles. The molecule has 266 valence electrons. The number of oxime groups is 1. The first-order valence-electron chi connectivity index (χ1n) is 11.1. The lowest BCUT2D eigenvalue weighted by Gasteiger charge is -2.43. The molecule has 0 amide bonds. The van der Waals surface area contributed by atoms with Crippen LogP contribution < -0.4 is 4.74 Å². The zero-order valence-electron chi connectivity index (χ0n) is 21.6. The second kappa shape index (κ2) is 12.2. The molecule has 0 aliphatic carbocycles. The highest BCUT2D eigenvalue weighted by Gasteiger charge is 2.96. The van der Waals surface area contributed by atoms with Crippen LogP contribution in [0.2, 0.25) is 0 Å². The molecule has 0 aliphatic rings. The Balaban J connectivity index is 3.18. The van der Waals surface area contributed by atoms with Crippen LogP contribution >= 0.6 is 0 Å². The fourth-order valence-electron chi connectivity index (χ4n) is 2.94. The van der Waals surface area contributed by atoms with E-state index >= 15 is 0 Å². The Morgan fingerprint density at radius 3 is 1.50 bits per heavy atom. The van der Waals surface area contributed by atoms with Crippen LogP contribution in [-0.2, 0) is 9.53 Å². The fourth-order valence-corrected chi connectivity index (χ4v) is 2.94. The first-order chi connectivity index (χ1) is 20.2. The van der Waals surface area contributed by atoms with Gasteiger partial charge in [-0.3, -0.25) is 4.79 Å². The molecule has 0 aliphatic heterocycles. The summed E-state index contributed by atoms with van der Waals surface area (Å²) in [6.07, 6.45) is -9.26. The number of nitrogens with zero attached hydrogens (tertiary/aromatic N) is 1. The van der Waals surface area contributed by atoms with Crippen molar-refractivity contribution in [2.24, 2.45) is 5.16 Å². The molecule has 1 aromatic carbocycles. The molecule has 46 heavy (non-hydrogen) atoms. The number of esters is 1. The van der Waals surface area contributed by atoms with Crippen molar-refractivity contribution in [3.05, 3.63) is 23.8 Å². The summed E-state index contributed by atoms with van der Waals surface area (Å²) in [4.78, 5) is 11.5. The summed E-state index contributed by atoms with van der Waals surface area (Å²) in [7, 11) is 0. The third-order valence-electron chi connectivity index (χ3n) is 5.68. The van der Waals surface area contributed by atoms with Gasteiger partial charge in [0.05, 0.1) is 18.7 Å². The standard InChI is InChI=1S/C21H14F19NO5/c1-8(41-44)10-3-2-9(6-11(10)42)45-5-4-12(43)46-7-13(22,23)14(24,25)15(26,27)16(28,29)17(30,31)18(32,33)19(34,35)20(36,37)21(38,39)40/h2-3,6,42,44H,4-5,7H2,1H3/b41-8-. The Morgan fingerprint density at radius 2 is 1.11 bits per heavy atom. The molecule has 0 aromatic heterocycles. The lowest BCUT2D eigenvalue weighted by molar-refractivity contribution is -0.469. The summed E-state index contributed by atoms with van der Waals surface area (Å²) >= 11 is 0. The lowest BCUT2D eigenvalue weighted by Crippen LogP contribution is -2.76. The van der Waals surface area contributed by atoms with Crippen LogP contribution in [0.5, 0.6) is 11.5 Å². The molecular formula is C21H14F19NO5. The van der Waals surface area contributed by atoms with Gasteiger partial charge >= 0.3 is 59.5 Å². The van der Waals surface area contributed by atoms with Gasteiger partial charge in [-0.25, -0.2) is 0 Å². The van der Waals surface area contributed by atoms with E-state index in [4.69, 9.17) is 9.94 Å². The number of phenolic OH excluding ortho intramolecular Hbond substituents is 1. The van der Waals surface area contributed by atoms with E-state index in [-0.39, 0.29) is 17.0 Å². The summed E-state index contributed by atoms with van der Waals surface area (Å²) in [5.74, 6) is -71.0. The van der Waals surface area contributed by atoms with Gasteiger partial charge in [0.1, 0.15) is 11.5 Å². The summed E-state index contributed by atoms with van der Waals surface area (Å²) in [5.41, 5.74) is -0.179. The normalized spacial score (nSPS) is 15.2. The largest absolute Gasteiger partial charge is 0.507 e. The topological polar surface area (TPSA) is 88.4 Å². The van der Waals surface area contributed by atoms with E-state index in [0.717, 1.165) is 18.2 Å². The number of benzene rings is 1. The van der Waals surface area contributed by atoms with Crippen molar-refractivity contribution in [2.45, 2.75) is 66.9 Å². The summed E-state index contributed by atoms with van der Waals surface area (Å²) in [6, 6.07) is 2.91. The number of hydrogen-bond donors (Lipinski definition) is 2.